The Hall–Kier alpha value is -0.770. The number of nitrogens with one attached hydrogen (secondary N) is 1. The summed E-state index contributed by atoms with van der Waals surface area (Å²) in [6.07, 6.45) is 1.98. The van der Waals surface area contributed by atoms with Gasteiger partial charge in [0.25, 0.3) is 0 Å². The van der Waals surface area contributed by atoms with E-state index < -0.39 is 0 Å². The second-order valence-electron chi connectivity index (χ2n) is 1.71. The number of thioether (sulfide) groups is 1. The van der Waals surface area contributed by atoms with E-state index in [2.05, 4.69) is 15.5 Å². The minimum Gasteiger partial charge on any atom is -0.372 e. The third-order valence-corrected chi connectivity index (χ3v) is 1.74. The van der Waals surface area contributed by atoms with E-state index in [1.165, 1.54) is 0 Å². The van der Waals surface area contributed by atoms with E-state index in [0.29, 0.717) is 0 Å². The number of aromatic nitrogens is 2. The van der Waals surface area contributed by atoms with Gasteiger partial charge in [-0.05, 0) is 18.4 Å². The molecule has 1 heterocycles. The van der Waals surface area contributed by atoms with Gasteiger partial charge in [-0.15, -0.1) is 22.0 Å². The van der Waals surface area contributed by atoms with Gasteiger partial charge in [-0.2, -0.15) is 0 Å². The summed E-state index contributed by atoms with van der Waals surface area (Å²) in [6.45, 7) is 0. The molecular formula is C6H9N3S. The highest BCUT2D eigenvalue weighted by molar-refractivity contribution is 7.98. The van der Waals surface area contributed by atoms with Crippen LogP contribution in [0.25, 0.3) is 0 Å². The maximum absolute atomic E-state index is 3.92. The molecule has 1 rings (SSSR count). The monoisotopic (exact) mass is 155 g/mol. The summed E-state index contributed by atoms with van der Waals surface area (Å²) in [6, 6.07) is 3.84. The average Bonchev–Trinajstić information content (AvgIpc) is 2.05. The van der Waals surface area contributed by atoms with Crippen LogP contribution in [0.1, 0.15) is 0 Å². The largest absolute Gasteiger partial charge is 0.372 e. The van der Waals surface area contributed by atoms with E-state index in [1.807, 2.05) is 25.4 Å². The Kier molecular flexibility index (Phi) is 2.50. The molecule has 1 aromatic heterocycles. The van der Waals surface area contributed by atoms with Crippen molar-refractivity contribution in [2.75, 3.05) is 18.6 Å². The fourth-order valence-electron chi connectivity index (χ4n) is 0.562. The van der Waals surface area contributed by atoms with Crippen LogP contribution in [0.4, 0.5) is 5.82 Å². The van der Waals surface area contributed by atoms with Crippen molar-refractivity contribution in [1.29, 1.82) is 0 Å². The van der Waals surface area contributed by atoms with Crippen LogP contribution in [0.3, 0.4) is 0 Å². The van der Waals surface area contributed by atoms with Crippen LogP contribution in [0, 0.1) is 0 Å². The lowest BCUT2D eigenvalue weighted by Gasteiger charge is -1.96. The third kappa shape index (κ3) is 1.60. The zero-order valence-corrected chi connectivity index (χ0v) is 6.77. The SMILES string of the molecule is CNc1ccc(SC)nn1. The molecule has 1 N–H and O–H groups in total. The first-order chi connectivity index (χ1) is 4.86. The Morgan fingerprint density at radius 3 is 2.60 bits per heavy atom. The normalized spacial score (nSPS) is 9.40. The fraction of sp³-hybridized carbons (Fsp3) is 0.333. The van der Waals surface area contributed by atoms with Crippen LogP contribution in [0.15, 0.2) is 17.2 Å². The molecule has 3 nitrogen and oxygen atoms in total. The van der Waals surface area contributed by atoms with E-state index in [9.17, 15) is 0 Å². The van der Waals surface area contributed by atoms with Crippen molar-refractivity contribution in [2.45, 2.75) is 5.03 Å². The maximum atomic E-state index is 3.92. The zero-order valence-electron chi connectivity index (χ0n) is 5.96. The standard InChI is InChI=1S/C6H9N3S/c1-7-5-3-4-6(10-2)9-8-5/h3-4H,1-2H3,(H,7,8). The van der Waals surface area contributed by atoms with Gasteiger partial charge in [0.1, 0.15) is 10.8 Å². The van der Waals surface area contributed by atoms with Gasteiger partial charge in [-0.3, -0.25) is 0 Å². The van der Waals surface area contributed by atoms with Crippen molar-refractivity contribution in [3.8, 4) is 0 Å². The summed E-state index contributed by atoms with van der Waals surface area (Å²) in [5.41, 5.74) is 0. The lowest BCUT2D eigenvalue weighted by atomic mass is 10.5. The van der Waals surface area contributed by atoms with E-state index in [-0.39, 0.29) is 0 Å². The summed E-state index contributed by atoms with van der Waals surface area (Å²) in [5.74, 6) is 0.804. The van der Waals surface area contributed by atoms with Gasteiger partial charge in [0, 0.05) is 7.05 Å². The number of nitrogens with zero attached hydrogens (tertiary/aromatic N) is 2. The van der Waals surface area contributed by atoms with Crippen molar-refractivity contribution in [1.82, 2.24) is 10.2 Å². The molecule has 10 heavy (non-hydrogen) atoms. The zero-order chi connectivity index (χ0) is 7.40. The molecule has 0 saturated heterocycles. The molecule has 0 fully saturated rings. The molecule has 1 aromatic rings. The number of anilines is 1. The fourth-order valence-corrected chi connectivity index (χ4v) is 0.889. The van der Waals surface area contributed by atoms with Crippen molar-refractivity contribution in [3.63, 3.8) is 0 Å². The second-order valence-corrected chi connectivity index (χ2v) is 2.54. The topological polar surface area (TPSA) is 37.8 Å². The lowest BCUT2D eigenvalue weighted by molar-refractivity contribution is 0.934. The van der Waals surface area contributed by atoms with Crippen LogP contribution in [0.2, 0.25) is 0 Å². The molecule has 0 bridgehead atoms. The molecule has 0 aliphatic heterocycles. The van der Waals surface area contributed by atoms with Gasteiger partial charge in [0.15, 0.2) is 0 Å². The third-order valence-electron chi connectivity index (χ3n) is 1.11. The quantitative estimate of drug-likeness (QED) is 0.652. The second kappa shape index (κ2) is 3.41. The summed E-state index contributed by atoms with van der Waals surface area (Å²) in [5, 5.41) is 11.6. The molecule has 0 spiro atoms. The van der Waals surface area contributed by atoms with Crippen LogP contribution >= 0.6 is 11.8 Å². The van der Waals surface area contributed by atoms with Gasteiger partial charge in [0.05, 0.1) is 0 Å². The molecule has 4 heteroatoms. The molecule has 0 aliphatic rings. The first kappa shape index (κ1) is 7.34. The van der Waals surface area contributed by atoms with Gasteiger partial charge < -0.3 is 5.32 Å². The molecule has 0 amide bonds. The van der Waals surface area contributed by atoms with Gasteiger partial charge in [-0.1, -0.05) is 0 Å². The molecule has 54 valence electrons. The van der Waals surface area contributed by atoms with Crippen LogP contribution in [-0.4, -0.2) is 23.5 Å². The summed E-state index contributed by atoms with van der Waals surface area (Å²) < 4.78 is 0. The highest BCUT2D eigenvalue weighted by Crippen LogP contribution is 2.10. The molecular weight excluding hydrogens is 146 g/mol. The van der Waals surface area contributed by atoms with E-state index in [4.69, 9.17) is 0 Å². The van der Waals surface area contributed by atoms with E-state index in [1.54, 1.807) is 11.8 Å². The highest BCUT2D eigenvalue weighted by atomic mass is 32.2. The predicted molar refractivity (Wildman–Crippen MR) is 43.4 cm³/mol. The Balaban J connectivity index is 2.80. The van der Waals surface area contributed by atoms with E-state index in [0.717, 1.165) is 10.8 Å². The smallest absolute Gasteiger partial charge is 0.148 e. The molecule has 0 aliphatic carbocycles. The summed E-state index contributed by atoms with van der Waals surface area (Å²) in [4.78, 5) is 0. The maximum Gasteiger partial charge on any atom is 0.148 e. The molecule has 0 unspecified atom stereocenters. The highest BCUT2D eigenvalue weighted by Gasteiger charge is 1.91. The van der Waals surface area contributed by atoms with Gasteiger partial charge in [0.2, 0.25) is 0 Å². The Morgan fingerprint density at radius 1 is 1.40 bits per heavy atom. The van der Waals surface area contributed by atoms with Gasteiger partial charge in [-0.25, -0.2) is 0 Å². The van der Waals surface area contributed by atoms with Crippen molar-refractivity contribution >= 4 is 17.6 Å². The molecule has 0 aromatic carbocycles. The van der Waals surface area contributed by atoms with Crippen LogP contribution in [-0.2, 0) is 0 Å². The van der Waals surface area contributed by atoms with Crippen molar-refractivity contribution in [2.24, 2.45) is 0 Å². The van der Waals surface area contributed by atoms with Crippen molar-refractivity contribution < 1.29 is 0 Å². The number of hydrogen-bond acceptors (Lipinski definition) is 4. The van der Waals surface area contributed by atoms with Gasteiger partial charge >= 0.3 is 0 Å². The minimum absolute atomic E-state index is 0.804. The number of hydrogen-bond donors (Lipinski definition) is 1. The molecule has 0 saturated carbocycles. The first-order valence-corrected chi connectivity index (χ1v) is 4.15. The van der Waals surface area contributed by atoms with E-state index >= 15 is 0 Å². The van der Waals surface area contributed by atoms with Crippen molar-refractivity contribution in [3.05, 3.63) is 12.1 Å². The predicted octanol–water partition coefficient (Wildman–Crippen LogP) is 1.24. The first-order valence-electron chi connectivity index (χ1n) is 2.92. The van der Waals surface area contributed by atoms with Crippen LogP contribution < -0.4 is 5.32 Å². The molecule has 0 radical (unpaired) electrons. The Labute approximate surface area is 64.2 Å². The minimum atomic E-state index is 0.804. The average molecular weight is 155 g/mol. The Morgan fingerprint density at radius 2 is 2.20 bits per heavy atom. The number of rotatable bonds is 2. The Bertz CT molecular complexity index is 174. The summed E-state index contributed by atoms with van der Waals surface area (Å²) in [7, 11) is 1.82. The lowest BCUT2D eigenvalue weighted by Crippen LogP contribution is -1.93. The van der Waals surface area contributed by atoms with Crippen LogP contribution in [0.5, 0.6) is 0 Å². The summed E-state index contributed by atoms with van der Waals surface area (Å²) >= 11 is 1.59. The molecule has 0 atom stereocenters.